The van der Waals surface area contributed by atoms with E-state index in [1.807, 2.05) is 42.5 Å². The lowest BCUT2D eigenvalue weighted by Gasteiger charge is -2.13. The van der Waals surface area contributed by atoms with Crippen LogP contribution in [0.1, 0.15) is 5.56 Å². The molecule has 0 aliphatic rings. The molecule has 2 aromatic rings. The minimum atomic E-state index is 0.408. The molecule has 0 unspecified atom stereocenters. The fourth-order valence-corrected chi connectivity index (χ4v) is 2.07. The van der Waals surface area contributed by atoms with Crippen LogP contribution in [-0.2, 0) is 6.61 Å². The quantitative estimate of drug-likeness (QED) is 0.877. The van der Waals surface area contributed by atoms with Crippen molar-refractivity contribution in [2.24, 2.45) is 0 Å². The number of nitrogen functional groups attached to an aromatic ring is 1. The Labute approximate surface area is 115 Å². The topological polar surface area (TPSA) is 44.5 Å². The second-order valence-electron chi connectivity index (χ2n) is 3.76. The van der Waals surface area contributed by atoms with Gasteiger partial charge in [0, 0.05) is 11.3 Å². The summed E-state index contributed by atoms with van der Waals surface area (Å²) >= 11 is 3.44. The summed E-state index contributed by atoms with van der Waals surface area (Å²) in [5, 5.41) is 0. The Morgan fingerprint density at radius 2 is 1.89 bits per heavy atom. The zero-order valence-corrected chi connectivity index (χ0v) is 11.6. The zero-order valence-electron chi connectivity index (χ0n) is 10.0. The van der Waals surface area contributed by atoms with Crippen LogP contribution in [0.15, 0.2) is 46.9 Å². The lowest BCUT2D eigenvalue weighted by Crippen LogP contribution is -2.01. The van der Waals surface area contributed by atoms with Crippen molar-refractivity contribution in [3.8, 4) is 11.5 Å². The molecule has 2 aromatic carbocycles. The number of methoxy groups -OCH3 is 1. The monoisotopic (exact) mass is 307 g/mol. The van der Waals surface area contributed by atoms with E-state index in [9.17, 15) is 0 Å². The molecular weight excluding hydrogens is 294 g/mol. The average molecular weight is 308 g/mol. The van der Waals surface area contributed by atoms with Gasteiger partial charge >= 0.3 is 0 Å². The van der Waals surface area contributed by atoms with Crippen LogP contribution in [0.5, 0.6) is 11.5 Å². The largest absolute Gasteiger partial charge is 0.493 e. The van der Waals surface area contributed by atoms with E-state index in [0.717, 1.165) is 15.7 Å². The van der Waals surface area contributed by atoms with E-state index in [4.69, 9.17) is 15.2 Å². The molecule has 3 nitrogen and oxygen atoms in total. The molecule has 18 heavy (non-hydrogen) atoms. The first-order valence-electron chi connectivity index (χ1n) is 5.51. The maximum atomic E-state index is 5.87. The van der Waals surface area contributed by atoms with Gasteiger partial charge in [0.25, 0.3) is 0 Å². The van der Waals surface area contributed by atoms with Crippen LogP contribution in [0, 0.1) is 0 Å². The van der Waals surface area contributed by atoms with Crippen molar-refractivity contribution in [2.75, 3.05) is 12.8 Å². The molecule has 0 aromatic heterocycles. The first kappa shape index (κ1) is 12.8. The molecule has 0 saturated heterocycles. The second-order valence-corrected chi connectivity index (χ2v) is 4.61. The normalized spacial score (nSPS) is 10.1. The van der Waals surface area contributed by atoms with Gasteiger partial charge in [-0.2, -0.15) is 0 Å². The number of halogens is 1. The summed E-state index contributed by atoms with van der Waals surface area (Å²) < 4.78 is 11.9. The minimum Gasteiger partial charge on any atom is -0.493 e. The van der Waals surface area contributed by atoms with Crippen LogP contribution in [0.3, 0.4) is 0 Å². The van der Waals surface area contributed by atoms with Crippen molar-refractivity contribution >= 4 is 21.6 Å². The van der Waals surface area contributed by atoms with Gasteiger partial charge in [-0.15, -0.1) is 0 Å². The molecule has 0 amide bonds. The zero-order chi connectivity index (χ0) is 13.0. The molecule has 4 heteroatoms. The van der Waals surface area contributed by atoms with Crippen molar-refractivity contribution in [1.29, 1.82) is 0 Å². The molecule has 0 saturated carbocycles. The van der Waals surface area contributed by atoms with Crippen molar-refractivity contribution in [1.82, 2.24) is 0 Å². The van der Waals surface area contributed by atoms with Gasteiger partial charge in [-0.25, -0.2) is 0 Å². The number of benzene rings is 2. The van der Waals surface area contributed by atoms with E-state index in [-0.39, 0.29) is 0 Å². The molecule has 0 aliphatic heterocycles. The molecule has 0 aliphatic carbocycles. The summed E-state index contributed by atoms with van der Waals surface area (Å²) in [5.41, 5.74) is 7.55. The minimum absolute atomic E-state index is 0.408. The second kappa shape index (κ2) is 5.78. The maximum absolute atomic E-state index is 5.87. The van der Waals surface area contributed by atoms with Crippen molar-refractivity contribution in [3.05, 3.63) is 52.5 Å². The van der Waals surface area contributed by atoms with Crippen molar-refractivity contribution in [3.63, 3.8) is 0 Å². The molecule has 94 valence electrons. The van der Waals surface area contributed by atoms with Crippen LogP contribution in [-0.4, -0.2) is 7.11 Å². The van der Waals surface area contributed by atoms with Gasteiger partial charge in [0.2, 0.25) is 0 Å². The van der Waals surface area contributed by atoms with Crippen LogP contribution < -0.4 is 15.2 Å². The van der Waals surface area contributed by atoms with E-state index in [1.165, 1.54) is 0 Å². The van der Waals surface area contributed by atoms with Gasteiger partial charge in [0.1, 0.15) is 6.61 Å². The van der Waals surface area contributed by atoms with Gasteiger partial charge in [0.05, 0.1) is 11.6 Å². The number of hydrogen-bond donors (Lipinski definition) is 1. The highest BCUT2D eigenvalue weighted by Crippen LogP contribution is 2.35. The molecule has 0 fully saturated rings. The standard InChI is InChI=1S/C14H14BrNO2/c1-17-13-8-4-6-11(15)14(13)18-9-10-5-2-3-7-12(10)16/h2-8H,9,16H2,1H3. The molecule has 2 rings (SSSR count). The van der Waals surface area contributed by atoms with Crippen LogP contribution >= 0.6 is 15.9 Å². The van der Waals surface area contributed by atoms with Gasteiger partial charge in [-0.05, 0) is 34.1 Å². The molecule has 0 radical (unpaired) electrons. The Bertz CT molecular complexity index is 543. The Kier molecular flexibility index (Phi) is 4.10. The van der Waals surface area contributed by atoms with Crippen molar-refractivity contribution < 1.29 is 9.47 Å². The van der Waals surface area contributed by atoms with E-state index in [1.54, 1.807) is 7.11 Å². The third kappa shape index (κ3) is 2.76. The molecule has 2 N–H and O–H groups in total. The summed E-state index contributed by atoms with van der Waals surface area (Å²) in [7, 11) is 1.62. The van der Waals surface area contributed by atoms with Gasteiger partial charge in [-0.3, -0.25) is 0 Å². The highest BCUT2D eigenvalue weighted by Gasteiger charge is 2.09. The predicted octanol–water partition coefficient (Wildman–Crippen LogP) is 3.62. The van der Waals surface area contributed by atoms with E-state index < -0.39 is 0 Å². The van der Waals surface area contributed by atoms with Gasteiger partial charge in [0.15, 0.2) is 11.5 Å². The first-order valence-corrected chi connectivity index (χ1v) is 6.30. The van der Waals surface area contributed by atoms with Crippen LogP contribution in [0.2, 0.25) is 0 Å². The third-order valence-electron chi connectivity index (χ3n) is 2.58. The number of ether oxygens (including phenoxy) is 2. The Morgan fingerprint density at radius 1 is 1.11 bits per heavy atom. The lowest BCUT2D eigenvalue weighted by atomic mass is 10.2. The fourth-order valence-electron chi connectivity index (χ4n) is 1.61. The fraction of sp³-hybridized carbons (Fsp3) is 0.143. The average Bonchev–Trinajstić information content (AvgIpc) is 2.39. The summed E-state index contributed by atoms with van der Waals surface area (Å²) in [5.74, 6) is 1.38. The Hall–Kier alpha value is -1.68. The number of nitrogens with two attached hydrogens (primary N) is 1. The number of para-hydroxylation sites is 2. The SMILES string of the molecule is COc1cccc(Br)c1OCc1ccccc1N. The third-order valence-corrected chi connectivity index (χ3v) is 3.20. The van der Waals surface area contributed by atoms with Crippen molar-refractivity contribution in [2.45, 2.75) is 6.61 Å². The number of anilines is 1. The molecular formula is C14H14BrNO2. The summed E-state index contributed by atoms with van der Waals surface area (Å²) in [6.45, 7) is 0.408. The van der Waals surface area contributed by atoms with Gasteiger partial charge < -0.3 is 15.2 Å². The summed E-state index contributed by atoms with van der Waals surface area (Å²) in [6.07, 6.45) is 0. The smallest absolute Gasteiger partial charge is 0.175 e. The van der Waals surface area contributed by atoms with E-state index >= 15 is 0 Å². The highest BCUT2D eigenvalue weighted by molar-refractivity contribution is 9.10. The molecule has 0 atom stereocenters. The predicted molar refractivity (Wildman–Crippen MR) is 75.9 cm³/mol. The highest BCUT2D eigenvalue weighted by atomic mass is 79.9. The van der Waals surface area contributed by atoms with Crippen LogP contribution in [0.25, 0.3) is 0 Å². The maximum Gasteiger partial charge on any atom is 0.175 e. The number of hydrogen-bond acceptors (Lipinski definition) is 3. The van der Waals surface area contributed by atoms with Crippen LogP contribution in [0.4, 0.5) is 5.69 Å². The molecule has 0 bridgehead atoms. The summed E-state index contributed by atoms with van der Waals surface area (Å²) in [4.78, 5) is 0. The molecule has 0 heterocycles. The lowest BCUT2D eigenvalue weighted by molar-refractivity contribution is 0.283. The van der Waals surface area contributed by atoms with Gasteiger partial charge in [-0.1, -0.05) is 24.3 Å². The Morgan fingerprint density at radius 3 is 2.61 bits per heavy atom. The Balaban J connectivity index is 2.18. The number of rotatable bonds is 4. The van der Waals surface area contributed by atoms with E-state index in [2.05, 4.69) is 15.9 Å². The first-order chi connectivity index (χ1) is 8.72. The summed E-state index contributed by atoms with van der Waals surface area (Å²) in [6, 6.07) is 13.3. The van der Waals surface area contributed by atoms with E-state index in [0.29, 0.717) is 18.1 Å². The molecule has 0 spiro atoms.